The van der Waals surface area contributed by atoms with Crippen molar-refractivity contribution in [3.63, 3.8) is 0 Å². The van der Waals surface area contributed by atoms with Crippen LogP contribution in [-0.4, -0.2) is 40.6 Å². The van der Waals surface area contributed by atoms with Gasteiger partial charge in [0, 0.05) is 12.1 Å². The third-order valence-corrected chi connectivity index (χ3v) is 3.17. The number of carbonyl (C=O) groups excluding carboxylic acids is 1. The second-order valence-electron chi connectivity index (χ2n) is 5.56. The third kappa shape index (κ3) is 4.48. The Labute approximate surface area is 125 Å². The number of carbonyl (C=O) groups is 2. The fourth-order valence-electron chi connectivity index (χ4n) is 2.33. The molecule has 0 fully saturated rings. The van der Waals surface area contributed by atoms with Gasteiger partial charge in [-0.1, -0.05) is 0 Å². The Kier molecular flexibility index (Phi) is 5.76. The quantitative estimate of drug-likeness (QED) is 0.875. The number of hydrogen-bond acceptors (Lipinski definition) is 3. The van der Waals surface area contributed by atoms with Gasteiger partial charge < -0.3 is 14.7 Å². The van der Waals surface area contributed by atoms with Gasteiger partial charge in [-0.2, -0.15) is 0 Å². The zero-order valence-corrected chi connectivity index (χ0v) is 13.2. The Morgan fingerprint density at radius 2 is 1.76 bits per heavy atom. The van der Waals surface area contributed by atoms with E-state index < -0.39 is 5.97 Å². The van der Waals surface area contributed by atoms with Crippen molar-refractivity contribution in [1.29, 1.82) is 0 Å². The number of hydrogen-bond donors (Lipinski definition) is 1. The van der Waals surface area contributed by atoms with Gasteiger partial charge in [0.1, 0.15) is 5.75 Å². The zero-order valence-electron chi connectivity index (χ0n) is 13.2. The molecule has 1 rings (SSSR count). The molecular formula is C16H23NO4. The van der Waals surface area contributed by atoms with Gasteiger partial charge in [-0.05, 0) is 58.4 Å². The number of nitrogens with zero attached hydrogens (tertiary/aromatic N) is 1. The monoisotopic (exact) mass is 293 g/mol. The Balaban J connectivity index is 2.75. The summed E-state index contributed by atoms with van der Waals surface area (Å²) in [6.45, 7) is 9.56. The van der Waals surface area contributed by atoms with Crippen LogP contribution in [0.3, 0.4) is 0 Å². The van der Waals surface area contributed by atoms with E-state index in [1.165, 1.54) is 12.1 Å². The SMILES string of the molecule is Cc1cc(C(=O)O)ccc1OCC(=O)N(C(C)C)C(C)C. The van der Waals surface area contributed by atoms with Crippen LogP contribution in [0, 0.1) is 6.92 Å². The summed E-state index contributed by atoms with van der Waals surface area (Å²) in [4.78, 5) is 24.8. The number of rotatable bonds is 6. The van der Waals surface area contributed by atoms with E-state index >= 15 is 0 Å². The molecule has 116 valence electrons. The summed E-state index contributed by atoms with van der Waals surface area (Å²) in [5, 5.41) is 8.91. The molecule has 0 atom stereocenters. The molecule has 0 heterocycles. The molecule has 0 aliphatic heterocycles. The van der Waals surface area contributed by atoms with Crippen molar-refractivity contribution in [1.82, 2.24) is 4.90 Å². The van der Waals surface area contributed by atoms with E-state index in [-0.39, 0.29) is 30.2 Å². The Hall–Kier alpha value is -2.04. The van der Waals surface area contributed by atoms with E-state index in [0.717, 1.165) is 0 Å². The van der Waals surface area contributed by atoms with Crippen molar-refractivity contribution >= 4 is 11.9 Å². The number of ether oxygens (including phenoxy) is 1. The van der Waals surface area contributed by atoms with Crippen LogP contribution in [-0.2, 0) is 4.79 Å². The van der Waals surface area contributed by atoms with Crippen LogP contribution in [0.1, 0.15) is 43.6 Å². The van der Waals surface area contributed by atoms with Crippen molar-refractivity contribution < 1.29 is 19.4 Å². The number of amides is 1. The molecule has 1 N–H and O–H groups in total. The highest BCUT2D eigenvalue weighted by Crippen LogP contribution is 2.19. The molecule has 0 saturated carbocycles. The molecule has 21 heavy (non-hydrogen) atoms. The number of aromatic carboxylic acids is 1. The summed E-state index contributed by atoms with van der Waals surface area (Å²) in [6, 6.07) is 4.80. The number of aryl methyl sites for hydroxylation is 1. The van der Waals surface area contributed by atoms with Gasteiger partial charge in [0.25, 0.3) is 5.91 Å². The van der Waals surface area contributed by atoms with Gasteiger partial charge in [0.2, 0.25) is 0 Å². The second kappa shape index (κ2) is 7.11. The Bertz CT molecular complexity index is 515. The molecule has 1 aromatic rings. The Morgan fingerprint density at radius 1 is 1.19 bits per heavy atom. The lowest BCUT2D eigenvalue weighted by atomic mass is 10.1. The van der Waals surface area contributed by atoms with Gasteiger partial charge in [0.05, 0.1) is 5.56 Å². The minimum absolute atomic E-state index is 0.0520. The van der Waals surface area contributed by atoms with Gasteiger partial charge in [-0.15, -0.1) is 0 Å². The first-order valence-electron chi connectivity index (χ1n) is 7.02. The molecule has 0 saturated heterocycles. The summed E-state index contributed by atoms with van der Waals surface area (Å²) in [5.41, 5.74) is 0.903. The summed E-state index contributed by atoms with van der Waals surface area (Å²) in [7, 11) is 0. The molecule has 0 aliphatic carbocycles. The normalized spacial score (nSPS) is 10.8. The van der Waals surface area contributed by atoms with Gasteiger partial charge >= 0.3 is 5.97 Å². The summed E-state index contributed by atoms with van der Waals surface area (Å²) < 4.78 is 5.53. The molecule has 0 bridgehead atoms. The van der Waals surface area contributed by atoms with Crippen molar-refractivity contribution in [2.24, 2.45) is 0 Å². The summed E-state index contributed by atoms with van der Waals surface area (Å²) >= 11 is 0. The highest BCUT2D eigenvalue weighted by molar-refractivity contribution is 5.88. The van der Waals surface area contributed by atoms with E-state index in [9.17, 15) is 9.59 Å². The predicted octanol–water partition coefficient (Wildman–Crippen LogP) is 2.72. The minimum Gasteiger partial charge on any atom is -0.483 e. The first kappa shape index (κ1) is 17.0. The maximum absolute atomic E-state index is 12.2. The van der Waals surface area contributed by atoms with E-state index in [2.05, 4.69) is 0 Å². The lowest BCUT2D eigenvalue weighted by Crippen LogP contribution is -2.44. The first-order valence-corrected chi connectivity index (χ1v) is 7.02. The molecule has 0 aromatic heterocycles. The highest BCUT2D eigenvalue weighted by Gasteiger charge is 2.20. The third-order valence-electron chi connectivity index (χ3n) is 3.17. The standard InChI is InChI=1S/C16H23NO4/c1-10(2)17(11(3)4)15(18)9-21-14-7-6-13(16(19)20)8-12(14)5/h6-8,10-11H,9H2,1-5H3,(H,19,20). The number of carboxylic acid groups (broad SMARTS) is 1. The van der Waals surface area contributed by atoms with E-state index in [1.807, 2.05) is 27.7 Å². The van der Waals surface area contributed by atoms with Crippen molar-refractivity contribution in [3.8, 4) is 5.75 Å². The number of carboxylic acids is 1. The smallest absolute Gasteiger partial charge is 0.335 e. The van der Waals surface area contributed by atoms with Crippen LogP contribution >= 0.6 is 0 Å². The lowest BCUT2D eigenvalue weighted by molar-refractivity contribution is -0.137. The largest absolute Gasteiger partial charge is 0.483 e. The predicted molar refractivity (Wildman–Crippen MR) is 80.8 cm³/mol. The van der Waals surface area contributed by atoms with Crippen molar-refractivity contribution in [3.05, 3.63) is 29.3 Å². The van der Waals surface area contributed by atoms with Gasteiger partial charge in [-0.25, -0.2) is 4.79 Å². The maximum atomic E-state index is 12.2. The fraction of sp³-hybridized carbons (Fsp3) is 0.500. The molecular weight excluding hydrogens is 270 g/mol. The summed E-state index contributed by atoms with van der Waals surface area (Å²) in [5.74, 6) is -0.533. The molecule has 0 unspecified atom stereocenters. The Morgan fingerprint density at radius 3 is 2.19 bits per heavy atom. The van der Waals surface area contributed by atoms with Crippen molar-refractivity contribution in [2.45, 2.75) is 46.7 Å². The molecule has 1 amide bonds. The van der Waals surface area contributed by atoms with Crippen LogP contribution in [0.15, 0.2) is 18.2 Å². The topological polar surface area (TPSA) is 66.8 Å². The minimum atomic E-state index is -0.980. The zero-order chi connectivity index (χ0) is 16.2. The van der Waals surface area contributed by atoms with Crippen molar-refractivity contribution in [2.75, 3.05) is 6.61 Å². The second-order valence-corrected chi connectivity index (χ2v) is 5.56. The van der Waals surface area contributed by atoms with Crippen LogP contribution in [0.4, 0.5) is 0 Å². The van der Waals surface area contributed by atoms with E-state index in [1.54, 1.807) is 17.9 Å². The maximum Gasteiger partial charge on any atom is 0.335 e. The molecule has 5 heteroatoms. The van der Waals surface area contributed by atoms with Crippen LogP contribution < -0.4 is 4.74 Å². The first-order chi connectivity index (χ1) is 9.73. The fourth-order valence-corrected chi connectivity index (χ4v) is 2.33. The van der Waals surface area contributed by atoms with Gasteiger partial charge in [0.15, 0.2) is 6.61 Å². The molecule has 0 radical (unpaired) electrons. The highest BCUT2D eigenvalue weighted by atomic mass is 16.5. The average molecular weight is 293 g/mol. The summed E-state index contributed by atoms with van der Waals surface area (Å²) in [6.07, 6.45) is 0. The lowest BCUT2D eigenvalue weighted by Gasteiger charge is -2.30. The van der Waals surface area contributed by atoms with E-state index in [0.29, 0.717) is 11.3 Å². The van der Waals surface area contributed by atoms with Crippen LogP contribution in [0.5, 0.6) is 5.75 Å². The van der Waals surface area contributed by atoms with Crippen LogP contribution in [0.2, 0.25) is 0 Å². The molecule has 5 nitrogen and oxygen atoms in total. The van der Waals surface area contributed by atoms with Crippen LogP contribution in [0.25, 0.3) is 0 Å². The number of benzene rings is 1. The molecule has 0 spiro atoms. The van der Waals surface area contributed by atoms with Gasteiger partial charge in [-0.3, -0.25) is 4.79 Å². The molecule has 0 aliphatic rings. The van der Waals surface area contributed by atoms with E-state index in [4.69, 9.17) is 9.84 Å². The average Bonchev–Trinajstić information content (AvgIpc) is 2.36. The molecule has 1 aromatic carbocycles.